The topological polar surface area (TPSA) is 72.5 Å². The highest BCUT2D eigenvalue weighted by molar-refractivity contribution is 7.14. The summed E-state index contributed by atoms with van der Waals surface area (Å²) in [4.78, 5) is 16.5. The monoisotopic (exact) mass is 383 g/mol. The van der Waals surface area contributed by atoms with Crippen LogP contribution in [0.15, 0.2) is 53.9 Å². The maximum absolute atomic E-state index is 12.1. The van der Waals surface area contributed by atoms with E-state index in [4.69, 9.17) is 9.47 Å². The Labute approximate surface area is 162 Å². The van der Waals surface area contributed by atoms with Gasteiger partial charge < -0.3 is 14.8 Å². The second-order valence-corrected chi connectivity index (χ2v) is 6.51. The van der Waals surface area contributed by atoms with Gasteiger partial charge in [-0.3, -0.25) is 5.32 Å². The van der Waals surface area contributed by atoms with E-state index in [-0.39, 0.29) is 6.03 Å². The first kappa shape index (κ1) is 18.7. The first-order valence-corrected chi connectivity index (χ1v) is 9.42. The molecule has 0 spiro atoms. The van der Waals surface area contributed by atoms with Gasteiger partial charge in [-0.15, -0.1) is 11.3 Å². The predicted molar refractivity (Wildman–Crippen MR) is 108 cm³/mol. The molecule has 0 saturated heterocycles. The third kappa shape index (κ3) is 5.21. The molecule has 2 aromatic carbocycles. The van der Waals surface area contributed by atoms with Gasteiger partial charge in [-0.05, 0) is 48.9 Å². The largest absolute Gasteiger partial charge is 0.497 e. The normalized spacial score (nSPS) is 10.3. The summed E-state index contributed by atoms with van der Waals surface area (Å²) in [6.07, 6.45) is 0. The number of benzene rings is 2. The van der Waals surface area contributed by atoms with Crippen molar-refractivity contribution < 1.29 is 14.3 Å². The molecule has 0 aliphatic rings. The van der Waals surface area contributed by atoms with Gasteiger partial charge in [0.15, 0.2) is 5.13 Å². The molecule has 27 heavy (non-hydrogen) atoms. The van der Waals surface area contributed by atoms with E-state index in [1.165, 1.54) is 11.3 Å². The van der Waals surface area contributed by atoms with Crippen LogP contribution in [0.1, 0.15) is 12.5 Å². The molecular formula is C20H21N3O3S. The fourth-order valence-corrected chi connectivity index (χ4v) is 3.13. The average molecular weight is 383 g/mol. The van der Waals surface area contributed by atoms with Gasteiger partial charge in [-0.25, -0.2) is 9.78 Å². The summed E-state index contributed by atoms with van der Waals surface area (Å²) in [6, 6.07) is 15.0. The van der Waals surface area contributed by atoms with Crippen LogP contribution in [0.4, 0.5) is 9.93 Å². The zero-order valence-electron chi connectivity index (χ0n) is 15.2. The van der Waals surface area contributed by atoms with Crippen LogP contribution in [0.2, 0.25) is 0 Å². The van der Waals surface area contributed by atoms with E-state index in [0.29, 0.717) is 18.3 Å². The number of hydrogen-bond donors (Lipinski definition) is 2. The van der Waals surface area contributed by atoms with E-state index >= 15 is 0 Å². The summed E-state index contributed by atoms with van der Waals surface area (Å²) in [7, 11) is 1.62. The molecule has 3 aromatic rings. The fourth-order valence-electron chi connectivity index (χ4n) is 2.42. The molecule has 2 amide bonds. The predicted octanol–water partition coefficient (Wildman–Crippen LogP) is 4.54. The Bertz CT molecular complexity index is 876. The average Bonchev–Trinajstić information content (AvgIpc) is 3.16. The molecule has 7 heteroatoms. The number of carbonyl (C=O) groups excluding carboxylic acids is 1. The number of anilines is 1. The molecule has 0 aliphatic carbocycles. The number of aromatic nitrogens is 1. The van der Waals surface area contributed by atoms with Crippen molar-refractivity contribution in [3.63, 3.8) is 0 Å². The van der Waals surface area contributed by atoms with Gasteiger partial charge in [0.25, 0.3) is 0 Å². The van der Waals surface area contributed by atoms with Crippen molar-refractivity contribution in [1.82, 2.24) is 10.3 Å². The summed E-state index contributed by atoms with van der Waals surface area (Å²) in [6.45, 7) is 3.01. The minimum absolute atomic E-state index is 0.293. The molecule has 0 fully saturated rings. The molecule has 0 radical (unpaired) electrons. The number of methoxy groups -OCH3 is 1. The summed E-state index contributed by atoms with van der Waals surface area (Å²) in [5.74, 6) is 1.61. The fraction of sp³-hybridized carbons (Fsp3) is 0.200. The molecule has 0 bridgehead atoms. The smallest absolute Gasteiger partial charge is 0.321 e. The molecule has 0 saturated carbocycles. The van der Waals surface area contributed by atoms with Gasteiger partial charge in [-0.1, -0.05) is 12.1 Å². The standard InChI is InChI=1S/C20H21N3O3S/c1-3-26-17-10-6-15(7-11-17)18-13-27-20(22-18)23-19(24)21-12-14-4-8-16(25-2)9-5-14/h4-11,13H,3,12H2,1-2H3,(H2,21,22,23,24). The molecular weight excluding hydrogens is 362 g/mol. The summed E-state index contributed by atoms with van der Waals surface area (Å²) in [5.41, 5.74) is 2.77. The van der Waals surface area contributed by atoms with Crippen molar-refractivity contribution >= 4 is 22.5 Å². The van der Waals surface area contributed by atoms with Crippen molar-refractivity contribution in [1.29, 1.82) is 0 Å². The van der Waals surface area contributed by atoms with Gasteiger partial charge in [-0.2, -0.15) is 0 Å². The van der Waals surface area contributed by atoms with E-state index < -0.39 is 0 Å². The van der Waals surface area contributed by atoms with Crippen LogP contribution in [-0.2, 0) is 6.54 Å². The second-order valence-electron chi connectivity index (χ2n) is 5.65. The van der Waals surface area contributed by atoms with Crippen LogP contribution in [0, 0.1) is 0 Å². The summed E-state index contributed by atoms with van der Waals surface area (Å²) < 4.78 is 10.6. The van der Waals surface area contributed by atoms with Crippen LogP contribution in [0.3, 0.4) is 0 Å². The SMILES string of the molecule is CCOc1ccc(-c2csc(NC(=O)NCc3ccc(OC)cc3)n2)cc1. The molecule has 6 nitrogen and oxygen atoms in total. The highest BCUT2D eigenvalue weighted by Gasteiger charge is 2.08. The summed E-state index contributed by atoms with van der Waals surface area (Å²) in [5, 5.41) is 8.04. The van der Waals surface area contributed by atoms with Crippen LogP contribution in [0.25, 0.3) is 11.3 Å². The van der Waals surface area contributed by atoms with Gasteiger partial charge in [0, 0.05) is 17.5 Å². The second kappa shape index (κ2) is 9.05. The molecule has 1 aromatic heterocycles. The Morgan fingerprint density at radius 3 is 2.44 bits per heavy atom. The Balaban J connectivity index is 1.54. The molecule has 2 N–H and O–H groups in total. The lowest BCUT2D eigenvalue weighted by molar-refractivity contribution is 0.251. The van der Waals surface area contributed by atoms with Crippen LogP contribution in [0.5, 0.6) is 11.5 Å². The lowest BCUT2D eigenvalue weighted by Gasteiger charge is -2.06. The number of ether oxygens (including phenoxy) is 2. The Hall–Kier alpha value is -3.06. The zero-order chi connectivity index (χ0) is 19.1. The highest BCUT2D eigenvalue weighted by Crippen LogP contribution is 2.26. The first-order chi connectivity index (χ1) is 13.2. The summed E-state index contributed by atoms with van der Waals surface area (Å²) >= 11 is 1.38. The van der Waals surface area contributed by atoms with E-state index in [9.17, 15) is 4.79 Å². The van der Waals surface area contributed by atoms with Gasteiger partial charge in [0.2, 0.25) is 0 Å². The molecule has 140 valence electrons. The number of carbonyl (C=O) groups is 1. The Morgan fingerprint density at radius 2 is 1.78 bits per heavy atom. The highest BCUT2D eigenvalue weighted by atomic mass is 32.1. The van der Waals surface area contributed by atoms with E-state index in [1.807, 2.05) is 60.8 Å². The van der Waals surface area contributed by atoms with Crippen molar-refractivity contribution in [3.8, 4) is 22.8 Å². The number of nitrogens with one attached hydrogen (secondary N) is 2. The number of hydrogen-bond acceptors (Lipinski definition) is 5. The van der Waals surface area contributed by atoms with E-state index in [1.54, 1.807) is 7.11 Å². The maximum Gasteiger partial charge on any atom is 0.321 e. The first-order valence-electron chi connectivity index (χ1n) is 8.54. The maximum atomic E-state index is 12.1. The molecule has 0 atom stereocenters. The number of urea groups is 1. The Kier molecular flexibility index (Phi) is 6.27. The number of rotatable bonds is 7. The number of thiazole rings is 1. The molecule has 0 unspecified atom stereocenters. The van der Waals surface area contributed by atoms with Crippen molar-refractivity contribution in [2.45, 2.75) is 13.5 Å². The van der Waals surface area contributed by atoms with Crippen LogP contribution < -0.4 is 20.1 Å². The lowest BCUT2D eigenvalue weighted by atomic mass is 10.2. The van der Waals surface area contributed by atoms with Crippen molar-refractivity contribution in [3.05, 3.63) is 59.5 Å². The van der Waals surface area contributed by atoms with E-state index in [2.05, 4.69) is 15.6 Å². The molecule has 0 aliphatic heterocycles. The van der Waals surface area contributed by atoms with Crippen molar-refractivity contribution in [2.24, 2.45) is 0 Å². The third-order valence-electron chi connectivity index (χ3n) is 3.80. The van der Waals surface area contributed by atoms with Gasteiger partial charge in [0.05, 0.1) is 19.4 Å². The van der Waals surface area contributed by atoms with E-state index in [0.717, 1.165) is 28.3 Å². The van der Waals surface area contributed by atoms with Gasteiger partial charge >= 0.3 is 6.03 Å². The van der Waals surface area contributed by atoms with Crippen molar-refractivity contribution in [2.75, 3.05) is 19.0 Å². The minimum Gasteiger partial charge on any atom is -0.497 e. The zero-order valence-corrected chi connectivity index (χ0v) is 16.0. The number of nitrogens with zero attached hydrogens (tertiary/aromatic N) is 1. The quantitative estimate of drug-likeness (QED) is 0.628. The number of amides is 2. The molecule has 1 heterocycles. The van der Waals surface area contributed by atoms with Crippen LogP contribution in [-0.4, -0.2) is 24.7 Å². The minimum atomic E-state index is -0.293. The van der Waals surface area contributed by atoms with Gasteiger partial charge in [0.1, 0.15) is 11.5 Å². The lowest BCUT2D eigenvalue weighted by Crippen LogP contribution is -2.28. The third-order valence-corrected chi connectivity index (χ3v) is 4.56. The molecule has 3 rings (SSSR count). The van der Waals surface area contributed by atoms with Crippen LogP contribution >= 0.6 is 11.3 Å². The Morgan fingerprint density at radius 1 is 1.07 bits per heavy atom.